The van der Waals surface area contributed by atoms with Gasteiger partial charge in [-0.3, -0.25) is 4.79 Å². The standard InChI is InChI=1S/C13H23N3O3/c14-10-4-3-7-16(8-10)12(19)15-9-13(11(17)18)5-1-2-6-13/h10H,1-9,14H2,(H,15,19)(H,17,18). The molecule has 2 aliphatic rings. The van der Waals surface area contributed by atoms with Crippen LogP contribution < -0.4 is 11.1 Å². The van der Waals surface area contributed by atoms with E-state index in [1.54, 1.807) is 4.90 Å². The highest BCUT2D eigenvalue weighted by atomic mass is 16.4. The maximum Gasteiger partial charge on any atom is 0.317 e. The van der Waals surface area contributed by atoms with E-state index < -0.39 is 11.4 Å². The third-order valence-corrected chi connectivity index (χ3v) is 4.34. The molecule has 108 valence electrons. The lowest BCUT2D eigenvalue weighted by Crippen LogP contribution is -2.52. The number of hydrogen-bond donors (Lipinski definition) is 3. The summed E-state index contributed by atoms with van der Waals surface area (Å²) in [5, 5.41) is 12.1. The Morgan fingerprint density at radius 2 is 2.00 bits per heavy atom. The van der Waals surface area contributed by atoms with Crippen LogP contribution in [0.25, 0.3) is 0 Å². The van der Waals surface area contributed by atoms with Crippen LogP contribution in [0.1, 0.15) is 38.5 Å². The number of carbonyl (C=O) groups is 2. The Kier molecular flexibility index (Phi) is 4.29. The van der Waals surface area contributed by atoms with Crippen LogP contribution in [0.2, 0.25) is 0 Å². The molecule has 0 bridgehead atoms. The van der Waals surface area contributed by atoms with Gasteiger partial charge in [-0.15, -0.1) is 0 Å². The van der Waals surface area contributed by atoms with Crippen molar-refractivity contribution in [2.45, 2.75) is 44.6 Å². The Morgan fingerprint density at radius 3 is 2.58 bits per heavy atom. The van der Waals surface area contributed by atoms with E-state index in [0.717, 1.165) is 25.7 Å². The number of carboxylic acid groups (broad SMARTS) is 1. The van der Waals surface area contributed by atoms with E-state index in [0.29, 0.717) is 25.9 Å². The number of hydrogen-bond acceptors (Lipinski definition) is 3. The van der Waals surface area contributed by atoms with Crippen molar-refractivity contribution in [2.24, 2.45) is 11.1 Å². The molecule has 0 aromatic heterocycles. The van der Waals surface area contributed by atoms with E-state index >= 15 is 0 Å². The number of nitrogens with two attached hydrogens (primary N) is 1. The number of nitrogens with one attached hydrogen (secondary N) is 1. The highest BCUT2D eigenvalue weighted by Gasteiger charge is 2.41. The number of urea groups is 1. The van der Waals surface area contributed by atoms with Gasteiger partial charge < -0.3 is 21.1 Å². The van der Waals surface area contributed by atoms with Gasteiger partial charge in [-0.05, 0) is 25.7 Å². The largest absolute Gasteiger partial charge is 0.481 e. The van der Waals surface area contributed by atoms with Crippen molar-refractivity contribution in [1.82, 2.24) is 10.2 Å². The first-order valence-electron chi connectivity index (χ1n) is 7.05. The van der Waals surface area contributed by atoms with Crippen molar-refractivity contribution >= 4 is 12.0 Å². The molecule has 1 heterocycles. The van der Waals surface area contributed by atoms with Crippen LogP contribution in [0.3, 0.4) is 0 Å². The van der Waals surface area contributed by atoms with Crippen LogP contribution in [0.5, 0.6) is 0 Å². The fourth-order valence-corrected chi connectivity index (χ4v) is 3.07. The molecule has 2 rings (SSSR count). The average Bonchev–Trinajstić information content (AvgIpc) is 2.86. The molecule has 1 atom stereocenters. The summed E-state index contributed by atoms with van der Waals surface area (Å²) in [6.45, 7) is 1.50. The number of nitrogens with zero attached hydrogens (tertiary/aromatic N) is 1. The molecular formula is C13H23N3O3. The number of piperidine rings is 1. The lowest BCUT2D eigenvalue weighted by Gasteiger charge is -2.32. The molecule has 0 aromatic carbocycles. The van der Waals surface area contributed by atoms with E-state index in [1.165, 1.54) is 0 Å². The summed E-state index contributed by atoms with van der Waals surface area (Å²) in [7, 11) is 0. The third-order valence-electron chi connectivity index (χ3n) is 4.34. The molecule has 6 heteroatoms. The van der Waals surface area contributed by atoms with Crippen molar-refractivity contribution in [1.29, 1.82) is 0 Å². The Morgan fingerprint density at radius 1 is 1.32 bits per heavy atom. The lowest BCUT2D eigenvalue weighted by atomic mass is 9.86. The molecule has 0 aromatic rings. The summed E-state index contributed by atoms with van der Waals surface area (Å²) in [4.78, 5) is 25.1. The van der Waals surface area contributed by atoms with Gasteiger partial charge in [-0.25, -0.2) is 4.79 Å². The highest BCUT2D eigenvalue weighted by Crippen LogP contribution is 2.37. The minimum Gasteiger partial charge on any atom is -0.481 e. The maximum atomic E-state index is 12.0. The van der Waals surface area contributed by atoms with Gasteiger partial charge in [0.1, 0.15) is 0 Å². The van der Waals surface area contributed by atoms with E-state index in [2.05, 4.69) is 5.32 Å². The van der Waals surface area contributed by atoms with Gasteiger partial charge in [-0.2, -0.15) is 0 Å². The van der Waals surface area contributed by atoms with Crippen LogP contribution in [0.15, 0.2) is 0 Å². The molecule has 2 amide bonds. The Bertz CT molecular complexity index is 353. The van der Waals surface area contributed by atoms with Gasteiger partial charge in [0, 0.05) is 25.7 Å². The van der Waals surface area contributed by atoms with E-state index in [1.807, 2.05) is 0 Å². The summed E-state index contributed by atoms with van der Waals surface area (Å²) in [6, 6.07) is -0.137. The van der Waals surface area contributed by atoms with Crippen molar-refractivity contribution in [3.8, 4) is 0 Å². The van der Waals surface area contributed by atoms with Crippen LogP contribution in [0.4, 0.5) is 4.79 Å². The maximum absolute atomic E-state index is 12.0. The Labute approximate surface area is 113 Å². The summed E-state index contributed by atoms with van der Waals surface area (Å²) >= 11 is 0. The van der Waals surface area contributed by atoms with E-state index in [-0.39, 0.29) is 18.6 Å². The van der Waals surface area contributed by atoms with Crippen molar-refractivity contribution in [3.63, 3.8) is 0 Å². The number of likely N-dealkylation sites (tertiary alicyclic amines) is 1. The van der Waals surface area contributed by atoms with Crippen LogP contribution >= 0.6 is 0 Å². The monoisotopic (exact) mass is 269 g/mol. The molecule has 1 aliphatic carbocycles. The van der Waals surface area contributed by atoms with E-state index in [4.69, 9.17) is 5.73 Å². The molecule has 4 N–H and O–H groups in total. The zero-order valence-electron chi connectivity index (χ0n) is 11.2. The van der Waals surface area contributed by atoms with Crippen molar-refractivity contribution < 1.29 is 14.7 Å². The second-order valence-corrected chi connectivity index (χ2v) is 5.80. The minimum atomic E-state index is -0.791. The number of carboxylic acids is 1. The van der Waals surface area contributed by atoms with Crippen LogP contribution in [-0.2, 0) is 4.79 Å². The number of carbonyl (C=O) groups excluding carboxylic acids is 1. The van der Waals surface area contributed by atoms with Crippen LogP contribution in [0, 0.1) is 5.41 Å². The molecule has 1 aliphatic heterocycles. The molecule has 0 spiro atoms. The van der Waals surface area contributed by atoms with Gasteiger partial charge >= 0.3 is 12.0 Å². The first-order chi connectivity index (χ1) is 9.03. The van der Waals surface area contributed by atoms with Gasteiger partial charge in [0.15, 0.2) is 0 Å². The first kappa shape index (κ1) is 14.1. The van der Waals surface area contributed by atoms with Gasteiger partial charge in [0.05, 0.1) is 5.41 Å². The number of aliphatic carboxylic acids is 1. The van der Waals surface area contributed by atoms with Gasteiger partial charge in [0.25, 0.3) is 0 Å². The van der Waals surface area contributed by atoms with Gasteiger partial charge in [0.2, 0.25) is 0 Å². The smallest absolute Gasteiger partial charge is 0.317 e. The SMILES string of the molecule is NC1CCCN(C(=O)NCC2(C(=O)O)CCCC2)C1. The molecule has 1 unspecified atom stereocenters. The third kappa shape index (κ3) is 3.18. The Hall–Kier alpha value is -1.30. The van der Waals surface area contributed by atoms with Crippen LogP contribution in [-0.4, -0.2) is 47.7 Å². The quantitative estimate of drug-likeness (QED) is 0.705. The fraction of sp³-hybridized carbons (Fsp3) is 0.846. The predicted molar refractivity (Wildman–Crippen MR) is 70.7 cm³/mol. The van der Waals surface area contributed by atoms with Crippen molar-refractivity contribution in [2.75, 3.05) is 19.6 Å². The normalized spacial score (nSPS) is 26.2. The second kappa shape index (κ2) is 5.77. The molecule has 19 heavy (non-hydrogen) atoms. The lowest BCUT2D eigenvalue weighted by molar-refractivity contribution is -0.148. The highest BCUT2D eigenvalue weighted by molar-refractivity contribution is 5.78. The van der Waals surface area contributed by atoms with Gasteiger partial charge in [-0.1, -0.05) is 12.8 Å². The van der Waals surface area contributed by atoms with Crippen molar-refractivity contribution in [3.05, 3.63) is 0 Å². The zero-order chi connectivity index (χ0) is 13.9. The zero-order valence-corrected chi connectivity index (χ0v) is 11.2. The number of rotatable bonds is 3. The molecule has 2 fully saturated rings. The first-order valence-corrected chi connectivity index (χ1v) is 7.05. The molecule has 1 saturated carbocycles. The summed E-state index contributed by atoms with van der Waals surface area (Å²) in [6.07, 6.45) is 5.03. The predicted octanol–water partition coefficient (Wildman–Crippen LogP) is 0.764. The molecular weight excluding hydrogens is 246 g/mol. The minimum absolute atomic E-state index is 0.0411. The summed E-state index contributed by atoms with van der Waals surface area (Å²) in [5.41, 5.74) is 5.08. The topological polar surface area (TPSA) is 95.7 Å². The average molecular weight is 269 g/mol. The molecule has 1 saturated heterocycles. The Balaban J connectivity index is 1.87. The summed E-state index contributed by atoms with van der Waals surface area (Å²) in [5.74, 6) is -0.791. The fourth-order valence-electron chi connectivity index (χ4n) is 3.07. The second-order valence-electron chi connectivity index (χ2n) is 5.80. The number of amides is 2. The van der Waals surface area contributed by atoms with E-state index in [9.17, 15) is 14.7 Å². The molecule has 6 nitrogen and oxygen atoms in total. The molecule has 0 radical (unpaired) electrons. The summed E-state index contributed by atoms with van der Waals surface area (Å²) < 4.78 is 0.